The van der Waals surface area contributed by atoms with Crippen LogP contribution >= 0.6 is 11.6 Å². The molecule has 2 heterocycles. The Labute approximate surface area is 137 Å². The van der Waals surface area contributed by atoms with Crippen molar-refractivity contribution >= 4 is 17.7 Å². The molecule has 2 rings (SSSR count). The molecule has 1 aromatic rings. The molecule has 0 unspecified atom stereocenters. The summed E-state index contributed by atoms with van der Waals surface area (Å²) in [6.07, 6.45) is 0.704. The van der Waals surface area contributed by atoms with Crippen LogP contribution in [-0.4, -0.2) is 52.7 Å². The maximum atomic E-state index is 12.1. The molecule has 22 heavy (non-hydrogen) atoms. The number of aromatic nitrogens is 1. The zero-order valence-electron chi connectivity index (χ0n) is 13.5. The highest BCUT2D eigenvalue weighted by Gasteiger charge is 2.24. The van der Waals surface area contributed by atoms with Gasteiger partial charge >= 0.3 is 6.09 Å². The number of carbonyl (C=O) groups is 1. The molecule has 0 aromatic carbocycles. The van der Waals surface area contributed by atoms with Gasteiger partial charge in [-0.2, -0.15) is 0 Å². The van der Waals surface area contributed by atoms with Gasteiger partial charge in [0.05, 0.1) is 5.69 Å². The third-order valence-corrected chi connectivity index (χ3v) is 3.61. The maximum Gasteiger partial charge on any atom is 0.410 e. The minimum Gasteiger partial charge on any atom is -0.444 e. The average Bonchev–Trinajstić information content (AvgIpc) is 2.62. The van der Waals surface area contributed by atoms with Gasteiger partial charge in [-0.1, -0.05) is 17.7 Å². The second-order valence-corrected chi connectivity index (χ2v) is 6.94. The third kappa shape index (κ3) is 5.46. The van der Waals surface area contributed by atoms with Crippen LogP contribution in [0.1, 0.15) is 32.9 Å². The number of hydrogen-bond donors (Lipinski definition) is 0. The predicted octanol–water partition coefficient (Wildman–Crippen LogP) is 3.18. The topological polar surface area (TPSA) is 45.7 Å². The second-order valence-electron chi connectivity index (χ2n) is 6.55. The van der Waals surface area contributed by atoms with Gasteiger partial charge in [0.15, 0.2) is 0 Å². The zero-order chi connectivity index (χ0) is 16.2. The first-order chi connectivity index (χ1) is 10.3. The van der Waals surface area contributed by atoms with E-state index in [1.807, 2.05) is 32.9 Å². The Morgan fingerprint density at radius 3 is 2.73 bits per heavy atom. The lowest BCUT2D eigenvalue weighted by atomic mass is 10.2. The minimum absolute atomic E-state index is 0.227. The molecule has 1 aliphatic heterocycles. The van der Waals surface area contributed by atoms with Crippen LogP contribution in [0.25, 0.3) is 0 Å². The molecule has 0 bridgehead atoms. The summed E-state index contributed by atoms with van der Waals surface area (Å²) in [5.41, 5.74) is 0.506. The maximum absolute atomic E-state index is 12.1. The highest BCUT2D eigenvalue weighted by molar-refractivity contribution is 6.29. The summed E-state index contributed by atoms with van der Waals surface area (Å²) in [4.78, 5) is 20.5. The van der Waals surface area contributed by atoms with E-state index in [2.05, 4.69) is 9.88 Å². The van der Waals surface area contributed by atoms with E-state index in [0.717, 1.165) is 38.3 Å². The van der Waals surface area contributed by atoms with Crippen molar-refractivity contribution in [2.24, 2.45) is 0 Å². The summed E-state index contributed by atoms with van der Waals surface area (Å²) in [6, 6.07) is 5.66. The molecule has 0 aliphatic carbocycles. The van der Waals surface area contributed by atoms with Crippen molar-refractivity contribution in [3.63, 3.8) is 0 Å². The molecule has 1 saturated heterocycles. The Balaban J connectivity index is 1.88. The molecule has 0 radical (unpaired) electrons. The SMILES string of the molecule is CC(C)(C)OC(=O)N1CCCN(Cc2cccc(Cl)n2)CC1. The van der Waals surface area contributed by atoms with Crippen molar-refractivity contribution in [2.75, 3.05) is 26.2 Å². The summed E-state index contributed by atoms with van der Waals surface area (Å²) in [6.45, 7) is 9.58. The normalized spacial score (nSPS) is 17.2. The fraction of sp³-hybridized carbons (Fsp3) is 0.625. The summed E-state index contributed by atoms with van der Waals surface area (Å²) >= 11 is 5.92. The largest absolute Gasteiger partial charge is 0.444 e. The van der Waals surface area contributed by atoms with E-state index in [9.17, 15) is 4.79 Å². The van der Waals surface area contributed by atoms with Crippen LogP contribution in [0, 0.1) is 0 Å². The van der Waals surface area contributed by atoms with Gasteiger partial charge in [-0.25, -0.2) is 9.78 Å². The van der Waals surface area contributed by atoms with Crippen LogP contribution in [0.4, 0.5) is 4.79 Å². The summed E-state index contributed by atoms with van der Waals surface area (Å²) in [5.74, 6) is 0. The molecule has 0 atom stereocenters. The third-order valence-electron chi connectivity index (χ3n) is 3.40. The Morgan fingerprint density at radius 2 is 2.05 bits per heavy atom. The first kappa shape index (κ1) is 17.0. The van der Waals surface area contributed by atoms with E-state index in [1.54, 1.807) is 11.0 Å². The highest BCUT2D eigenvalue weighted by atomic mass is 35.5. The van der Waals surface area contributed by atoms with Crippen LogP contribution in [0.3, 0.4) is 0 Å². The first-order valence-corrected chi connectivity index (χ1v) is 8.03. The molecule has 0 saturated carbocycles. The van der Waals surface area contributed by atoms with Crippen molar-refractivity contribution in [2.45, 2.75) is 39.3 Å². The second kappa shape index (κ2) is 7.29. The molecule has 1 aromatic heterocycles. The lowest BCUT2D eigenvalue weighted by Gasteiger charge is -2.26. The zero-order valence-corrected chi connectivity index (χ0v) is 14.3. The Morgan fingerprint density at radius 1 is 1.27 bits per heavy atom. The molecule has 1 aliphatic rings. The standard InChI is InChI=1S/C16H24ClN3O2/c1-16(2,3)22-15(21)20-9-5-8-19(10-11-20)12-13-6-4-7-14(17)18-13/h4,6-7H,5,8-12H2,1-3H3. The number of nitrogens with zero attached hydrogens (tertiary/aromatic N) is 3. The molecule has 122 valence electrons. The number of ether oxygens (including phenoxy) is 1. The smallest absolute Gasteiger partial charge is 0.410 e. The van der Waals surface area contributed by atoms with E-state index in [4.69, 9.17) is 16.3 Å². The Kier molecular flexibility index (Phi) is 5.64. The molecule has 0 spiro atoms. The van der Waals surface area contributed by atoms with Crippen LogP contribution < -0.4 is 0 Å². The molecule has 1 fully saturated rings. The van der Waals surface area contributed by atoms with Gasteiger partial charge in [-0.3, -0.25) is 4.90 Å². The van der Waals surface area contributed by atoms with Gasteiger partial charge in [-0.15, -0.1) is 0 Å². The molecule has 1 amide bonds. The van der Waals surface area contributed by atoms with Crippen LogP contribution in [0.2, 0.25) is 5.15 Å². The van der Waals surface area contributed by atoms with Gasteiger partial charge < -0.3 is 9.64 Å². The summed E-state index contributed by atoms with van der Waals surface area (Å²) in [5, 5.41) is 0.516. The van der Waals surface area contributed by atoms with E-state index in [-0.39, 0.29) is 6.09 Å². The predicted molar refractivity (Wildman–Crippen MR) is 86.9 cm³/mol. The van der Waals surface area contributed by atoms with Gasteiger partial charge in [0.1, 0.15) is 10.8 Å². The van der Waals surface area contributed by atoms with Gasteiger partial charge in [-0.05, 0) is 39.3 Å². The van der Waals surface area contributed by atoms with Gasteiger partial charge in [0.2, 0.25) is 0 Å². The number of carbonyl (C=O) groups excluding carboxylic acids is 1. The summed E-state index contributed by atoms with van der Waals surface area (Å²) in [7, 11) is 0. The number of hydrogen-bond acceptors (Lipinski definition) is 4. The number of rotatable bonds is 2. The van der Waals surface area contributed by atoms with Crippen LogP contribution in [-0.2, 0) is 11.3 Å². The number of pyridine rings is 1. The van der Waals surface area contributed by atoms with E-state index < -0.39 is 5.60 Å². The van der Waals surface area contributed by atoms with Crippen LogP contribution in [0.15, 0.2) is 18.2 Å². The van der Waals surface area contributed by atoms with E-state index >= 15 is 0 Å². The average molecular weight is 326 g/mol. The van der Waals surface area contributed by atoms with Gasteiger partial charge in [0.25, 0.3) is 0 Å². The highest BCUT2D eigenvalue weighted by Crippen LogP contribution is 2.14. The fourth-order valence-corrected chi connectivity index (χ4v) is 2.59. The van der Waals surface area contributed by atoms with Crippen molar-refractivity contribution < 1.29 is 9.53 Å². The molecule has 0 N–H and O–H groups in total. The summed E-state index contributed by atoms with van der Waals surface area (Å²) < 4.78 is 5.44. The lowest BCUT2D eigenvalue weighted by molar-refractivity contribution is 0.0257. The van der Waals surface area contributed by atoms with Crippen molar-refractivity contribution in [1.82, 2.24) is 14.8 Å². The van der Waals surface area contributed by atoms with Crippen LogP contribution in [0.5, 0.6) is 0 Å². The molecule has 6 heteroatoms. The Hall–Kier alpha value is -1.33. The lowest BCUT2D eigenvalue weighted by Crippen LogP contribution is -2.39. The Bertz CT molecular complexity index is 516. The number of amides is 1. The number of halogens is 1. The first-order valence-electron chi connectivity index (χ1n) is 7.65. The van der Waals surface area contributed by atoms with Crippen molar-refractivity contribution in [3.8, 4) is 0 Å². The minimum atomic E-state index is -0.451. The van der Waals surface area contributed by atoms with Gasteiger partial charge in [0, 0.05) is 32.7 Å². The monoisotopic (exact) mass is 325 g/mol. The van der Waals surface area contributed by atoms with Crippen molar-refractivity contribution in [3.05, 3.63) is 29.0 Å². The van der Waals surface area contributed by atoms with E-state index in [0.29, 0.717) is 11.7 Å². The quantitative estimate of drug-likeness (QED) is 0.783. The fourth-order valence-electron chi connectivity index (χ4n) is 2.41. The molecular formula is C16H24ClN3O2. The van der Waals surface area contributed by atoms with E-state index in [1.165, 1.54) is 0 Å². The molecule has 5 nitrogen and oxygen atoms in total. The van der Waals surface area contributed by atoms with Crippen molar-refractivity contribution in [1.29, 1.82) is 0 Å². The molecular weight excluding hydrogens is 302 g/mol.